The van der Waals surface area contributed by atoms with Gasteiger partial charge >= 0.3 is 0 Å². The summed E-state index contributed by atoms with van der Waals surface area (Å²) in [4.78, 5) is 2.81. The van der Waals surface area contributed by atoms with Gasteiger partial charge < -0.3 is 9.64 Å². The van der Waals surface area contributed by atoms with Gasteiger partial charge in [0.2, 0.25) is 0 Å². The minimum Gasteiger partial charge on any atom is -0.373 e. The van der Waals surface area contributed by atoms with Crippen LogP contribution < -0.4 is 0 Å². The van der Waals surface area contributed by atoms with E-state index in [-0.39, 0.29) is 0 Å². The van der Waals surface area contributed by atoms with Crippen molar-refractivity contribution in [1.29, 1.82) is 0 Å². The van der Waals surface area contributed by atoms with Crippen LogP contribution in [0.5, 0.6) is 0 Å². The number of rotatable bonds is 3. The zero-order valence-corrected chi connectivity index (χ0v) is 9.67. The number of alkyl halides is 1. The minimum atomic E-state index is 0.380. The standard InChI is InChI=1S/C9H18BrNO/c1-4-7(2)12-9-6-11(3)5-8(9)10/h7-9H,4-6H2,1-3H3. The zero-order valence-electron chi connectivity index (χ0n) is 8.09. The van der Waals surface area contributed by atoms with Crippen molar-refractivity contribution in [3.63, 3.8) is 0 Å². The monoisotopic (exact) mass is 235 g/mol. The summed E-state index contributed by atoms with van der Waals surface area (Å²) in [5, 5.41) is 0. The molecule has 0 amide bonds. The van der Waals surface area contributed by atoms with Gasteiger partial charge in [-0.25, -0.2) is 0 Å². The highest BCUT2D eigenvalue weighted by molar-refractivity contribution is 9.09. The Bertz CT molecular complexity index is 142. The van der Waals surface area contributed by atoms with Gasteiger partial charge in [-0.05, 0) is 20.4 Å². The molecule has 0 aromatic rings. The normalized spacial score (nSPS) is 34.0. The maximum absolute atomic E-state index is 5.85. The van der Waals surface area contributed by atoms with Crippen molar-refractivity contribution in [3.05, 3.63) is 0 Å². The Kier molecular flexibility index (Phi) is 4.00. The van der Waals surface area contributed by atoms with E-state index in [9.17, 15) is 0 Å². The van der Waals surface area contributed by atoms with Gasteiger partial charge in [0.15, 0.2) is 0 Å². The number of hydrogen-bond acceptors (Lipinski definition) is 2. The fourth-order valence-electron chi connectivity index (χ4n) is 1.43. The lowest BCUT2D eigenvalue weighted by molar-refractivity contribution is 0.00650. The summed E-state index contributed by atoms with van der Waals surface area (Å²) in [6.45, 7) is 6.45. The molecule has 0 saturated carbocycles. The SMILES string of the molecule is CCC(C)OC1CN(C)CC1Br. The third-order valence-electron chi connectivity index (χ3n) is 2.36. The second-order valence-corrected chi connectivity index (χ2v) is 4.81. The maximum atomic E-state index is 5.85. The van der Waals surface area contributed by atoms with E-state index in [1.54, 1.807) is 0 Å². The summed E-state index contributed by atoms with van der Waals surface area (Å²) in [6, 6.07) is 0. The average molecular weight is 236 g/mol. The van der Waals surface area contributed by atoms with Crippen molar-refractivity contribution in [2.45, 2.75) is 37.3 Å². The van der Waals surface area contributed by atoms with E-state index < -0.39 is 0 Å². The smallest absolute Gasteiger partial charge is 0.0842 e. The summed E-state index contributed by atoms with van der Waals surface area (Å²) in [7, 11) is 2.13. The van der Waals surface area contributed by atoms with E-state index in [4.69, 9.17) is 4.74 Å². The molecule has 1 aliphatic heterocycles. The molecule has 1 heterocycles. The highest BCUT2D eigenvalue weighted by Crippen LogP contribution is 2.20. The Morgan fingerprint density at radius 1 is 1.58 bits per heavy atom. The summed E-state index contributed by atoms with van der Waals surface area (Å²) in [6.07, 6.45) is 1.87. The molecule has 3 unspecified atom stereocenters. The molecule has 0 spiro atoms. The molecule has 3 atom stereocenters. The minimum absolute atomic E-state index is 0.380. The van der Waals surface area contributed by atoms with Gasteiger partial charge in [-0.1, -0.05) is 22.9 Å². The molecule has 0 N–H and O–H groups in total. The van der Waals surface area contributed by atoms with Gasteiger partial charge in [-0.2, -0.15) is 0 Å². The summed E-state index contributed by atoms with van der Waals surface area (Å²) >= 11 is 3.64. The number of ether oxygens (including phenoxy) is 1. The Labute approximate surface area is 83.4 Å². The van der Waals surface area contributed by atoms with Crippen molar-refractivity contribution in [1.82, 2.24) is 4.90 Å². The molecule has 0 bridgehead atoms. The molecule has 12 heavy (non-hydrogen) atoms. The lowest BCUT2D eigenvalue weighted by Gasteiger charge is -2.19. The Morgan fingerprint density at radius 3 is 2.67 bits per heavy atom. The first-order valence-corrected chi connectivity index (χ1v) is 5.53. The van der Waals surface area contributed by atoms with Crippen LogP contribution in [-0.4, -0.2) is 42.1 Å². The third kappa shape index (κ3) is 2.71. The molecule has 1 fully saturated rings. The quantitative estimate of drug-likeness (QED) is 0.694. The van der Waals surface area contributed by atoms with Crippen LogP contribution in [-0.2, 0) is 4.74 Å². The predicted octanol–water partition coefficient (Wildman–Crippen LogP) is 1.88. The summed E-state index contributed by atoms with van der Waals surface area (Å²) < 4.78 is 5.85. The van der Waals surface area contributed by atoms with Crippen LogP contribution in [0.3, 0.4) is 0 Å². The van der Waals surface area contributed by atoms with Crippen LogP contribution in [0.25, 0.3) is 0 Å². The van der Waals surface area contributed by atoms with Gasteiger partial charge in [-0.15, -0.1) is 0 Å². The average Bonchev–Trinajstić information content (AvgIpc) is 2.30. The first-order chi connectivity index (χ1) is 5.63. The van der Waals surface area contributed by atoms with Crippen molar-refractivity contribution in [3.8, 4) is 0 Å². The van der Waals surface area contributed by atoms with Crippen LogP contribution in [0.4, 0.5) is 0 Å². The molecule has 3 heteroatoms. The van der Waals surface area contributed by atoms with Crippen LogP contribution in [0.2, 0.25) is 0 Å². The highest BCUT2D eigenvalue weighted by atomic mass is 79.9. The first-order valence-electron chi connectivity index (χ1n) is 4.61. The third-order valence-corrected chi connectivity index (χ3v) is 3.24. The molecule has 1 saturated heterocycles. The fourth-order valence-corrected chi connectivity index (χ4v) is 2.22. The molecule has 72 valence electrons. The summed E-state index contributed by atoms with van der Waals surface area (Å²) in [5.74, 6) is 0. The first kappa shape index (κ1) is 10.5. The van der Waals surface area contributed by atoms with Gasteiger partial charge in [0, 0.05) is 13.1 Å². The lowest BCUT2D eigenvalue weighted by atomic mass is 10.3. The van der Waals surface area contributed by atoms with Crippen molar-refractivity contribution in [2.24, 2.45) is 0 Å². The van der Waals surface area contributed by atoms with E-state index in [0.717, 1.165) is 19.5 Å². The molecule has 0 aromatic heterocycles. The number of likely N-dealkylation sites (N-methyl/N-ethyl adjacent to an activating group) is 1. The van der Waals surface area contributed by atoms with Crippen molar-refractivity contribution >= 4 is 15.9 Å². The Hall–Kier alpha value is 0.400. The van der Waals surface area contributed by atoms with Gasteiger partial charge in [-0.3, -0.25) is 0 Å². The van der Waals surface area contributed by atoms with Crippen LogP contribution in [0.15, 0.2) is 0 Å². The van der Waals surface area contributed by atoms with Crippen LogP contribution >= 0.6 is 15.9 Å². The molecule has 1 rings (SSSR count). The van der Waals surface area contributed by atoms with Gasteiger partial charge in [0.25, 0.3) is 0 Å². The van der Waals surface area contributed by atoms with Crippen LogP contribution in [0, 0.1) is 0 Å². The molecule has 0 aliphatic carbocycles. The molecule has 0 aromatic carbocycles. The maximum Gasteiger partial charge on any atom is 0.0842 e. The van der Waals surface area contributed by atoms with E-state index in [2.05, 4.69) is 41.7 Å². The number of nitrogens with zero attached hydrogens (tertiary/aromatic N) is 1. The topological polar surface area (TPSA) is 12.5 Å². The molecule has 1 aliphatic rings. The highest BCUT2D eigenvalue weighted by Gasteiger charge is 2.30. The fraction of sp³-hybridized carbons (Fsp3) is 1.00. The second kappa shape index (κ2) is 4.58. The van der Waals surface area contributed by atoms with E-state index >= 15 is 0 Å². The van der Waals surface area contributed by atoms with Gasteiger partial charge in [0.1, 0.15) is 0 Å². The predicted molar refractivity (Wildman–Crippen MR) is 54.8 cm³/mol. The molecule has 2 nitrogen and oxygen atoms in total. The lowest BCUT2D eigenvalue weighted by Crippen LogP contribution is -2.27. The van der Waals surface area contributed by atoms with E-state index in [1.807, 2.05) is 0 Å². The summed E-state index contributed by atoms with van der Waals surface area (Å²) in [5.41, 5.74) is 0. The largest absolute Gasteiger partial charge is 0.373 e. The Balaban J connectivity index is 2.32. The van der Waals surface area contributed by atoms with Crippen LogP contribution in [0.1, 0.15) is 20.3 Å². The number of likely N-dealkylation sites (tertiary alicyclic amines) is 1. The van der Waals surface area contributed by atoms with Crippen molar-refractivity contribution < 1.29 is 4.74 Å². The van der Waals surface area contributed by atoms with Crippen molar-refractivity contribution in [2.75, 3.05) is 20.1 Å². The van der Waals surface area contributed by atoms with E-state index in [1.165, 1.54) is 0 Å². The molecular weight excluding hydrogens is 218 g/mol. The van der Waals surface area contributed by atoms with E-state index in [0.29, 0.717) is 17.0 Å². The van der Waals surface area contributed by atoms with Gasteiger partial charge in [0.05, 0.1) is 17.0 Å². The zero-order chi connectivity index (χ0) is 9.14. The molecular formula is C9H18BrNO. The number of halogens is 1. The Morgan fingerprint density at radius 2 is 2.25 bits per heavy atom. The number of hydrogen-bond donors (Lipinski definition) is 0. The second-order valence-electron chi connectivity index (χ2n) is 3.63. The molecule has 0 radical (unpaired) electrons.